The number of amides is 1. The monoisotopic (exact) mass is 554 g/mol. The molecule has 2 aromatic carbocycles. The van der Waals surface area contributed by atoms with E-state index in [1.807, 2.05) is 0 Å². The Balaban J connectivity index is 1.78. The molecule has 2 aliphatic rings. The van der Waals surface area contributed by atoms with E-state index in [2.05, 4.69) is 15.5 Å². The maximum absolute atomic E-state index is 13.7. The van der Waals surface area contributed by atoms with Crippen LogP contribution in [0.4, 0.5) is 5.69 Å². The van der Waals surface area contributed by atoms with Crippen LogP contribution in [0, 0.1) is 0 Å². The molecular weight excluding hydrogens is 528 g/mol. The number of carbonyl (C=O) groups excluding carboxylic acids is 3. The van der Waals surface area contributed by atoms with Gasteiger partial charge in [-0.25, -0.2) is 14.6 Å². The molecule has 0 aromatic heterocycles. The number of anilines is 1. The lowest BCUT2D eigenvalue weighted by Gasteiger charge is -2.33. The fourth-order valence-electron chi connectivity index (χ4n) is 4.23. The number of hydrogen-bond donors (Lipinski definition) is 1. The van der Waals surface area contributed by atoms with Gasteiger partial charge in [0.1, 0.15) is 6.04 Å². The van der Waals surface area contributed by atoms with Crippen molar-refractivity contribution in [1.29, 1.82) is 0 Å². The van der Waals surface area contributed by atoms with E-state index >= 15 is 0 Å². The Morgan fingerprint density at radius 2 is 1.69 bits per heavy atom. The zero-order valence-electron chi connectivity index (χ0n) is 22.1. The lowest BCUT2D eigenvalue weighted by atomic mass is 9.93. The zero-order chi connectivity index (χ0) is 28.3. The van der Waals surface area contributed by atoms with E-state index in [9.17, 15) is 14.4 Å². The van der Waals surface area contributed by atoms with E-state index in [4.69, 9.17) is 23.7 Å². The van der Waals surface area contributed by atoms with Crippen LogP contribution in [0.15, 0.2) is 57.8 Å². The number of fused-ring (bicyclic) bond motifs is 1. The highest BCUT2D eigenvalue weighted by Crippen LogP contribution is 2.49. The summed E-state index contributed by atoms with van der Waals surface area (Å²) in [7, 11) is 6.94. The van der Waals surface area contributed by atoms with Crippen molar-refractivity contribution in [2.75, 3.05) is 41.0 Å². The summed E-state index contributed by atoms with van der Waals surface area (Å²) in [5, 5.41) is 4.65. The average Bonchev–Trinajstić information content (AvgIpc) is 3.27. The van der Waals surface area contributed by atoms with Gasteiger partial charge in [-0.05, 0) is 49.0 Å². The number of hydrogen-bond acceptors (Lipinski definition) is 12. The number of methoxy groups -OCH3 is 5. The average molecular weight is 555 g/mol. The number of hydrazone groups is 1. The Kier molecular flexibility index (Phi) is 8.10. The van der Waals surface area contributed by atoms with Crippen LogP contribution in [-0.2, 0) is 19.1 Å². The summed E-state index contributed by atoms with van der Waals surface area (Å²) in [4.78, 5) is 44.4. The number of aliphatic imine (C=N–C) groups is 1. The second kappa shape index (κ2) is 11.5. The van der Waals surface area contributed by atoms with Crippen LogP contribution in [0.3, 0.4) is 0 Å². The topological polar surface area (TPSA) is 137 Å². The molecular formula is C26H26N4O8S. The molecule has 204 valence electrons. The van der Waals surface area contributed by atoms with Gasteiger partial charge in [0.05, 0.1) is 58.1 Å². The normalized spacial score (nSPS) is 17.4. The number of rotatable bonds is 8. The molecule has 1 atom stereocenters. The first-order valence-electron chi connectivity index (χ1n) is 11.5. The minimum Gasteiger partial charge on any atom is -0.493 e. The summed E-state index contributed by atoms with van der Waals surface area (Å²) in [6.07, 6.45) is 0. The van der Waals surface area contributed by atoms with Crippen molar-refractivity contribution < 1.29 is 38.1 Å². The van der Waals surface area contributed by atoms with Crippen LogP contribution in [0.2, 0.25) is 0 Å². The molecule has 12 nitrogen and oxygen atoms in total. The SMILES string of the molecule is COC(=O)C1=C(C)N=C2S/C(=N\Nc3cccc(C(=O)OC)c3)C(=O)N2C1c1ccc(OC)c(OC)c1OC. The molecule has 0 saturated carbocycles. The van der Waals surface area contributed by atoms with Crippen LogP contribution < -0.4 is 19.6 Å². The predicted molar refractivity (Wildman–Crippen MR) is 144 cm³/mol. The maximum atomic E-state index is 13.7. The first-order chi connectivity index (χ1) is 18.8. The van der Waals surface area contributed by atoms with Gasteiger partial charge in [-0.1, -0.05) is 6.07 Å². The van der Waals surface area contributed by atoms with E-state index in [0.29, 0.717) is 39.2 Å². The quantitative estimate of drug-likeness (QED) is 0.382. The van der Waals surface area contributed by atoms with Gasteiger partial charge >= 0.3 is 11.9 Å². The number of esters is 2. The molecule has 1 fully saturated rings. The van der Waals surface area contributed by atoms with Crippen molar-refractivity contribution in [2.45, 2.75) is 13.0 Å². The first kappa shape index (κ1) is 27.5. The van der Waals surface area contributed by atoms with Crippen molar-refractivity contribution in [1.82, 2.24) is 4.90 Å². The standard InChI is InChI=1S/C26H26N4O8S/c1-13-18(25(33)38-6)19(16-10-11-17(34-2)21(36-4)20(16)35-3)30-23(31)22(39-26(30)27-13)29-28-15-9-7-8-14(12-15)24(32)37-5/h7-12,19,28H,1-6H3/b29-22-. The summed E-state index contributed by atoms with van der Waals surface area (Å²) in [5.41, 5.74) is 4.57. The summed E-state index contributed by atoms with van der Waals surface area (Å²) in [6, 6.07) is 8.86. The molecule has 0 spiro atoms. The Morgan fingerprint density at radius 1 is 0.974 bits per heavy atom. The summed E-state index contributed by atoms with van der Waals surface area (Å²) < 4.78 is 26.4. The Morgan fingerprint density at radius 3 is 2.33 bits per heavy atom. The number of allylic oxidation sites excluding steroid dienone is 1. The molecule has 1 N–H and O–H groups in total. The number of nitrogens with zero attached hydrogens (tertiary/aromatic N) is 3. The number of benzene rings is 2. The molecule has 1 saturated heterocycles. The summed E-state index contributed by atoms with van der Waals surface area (Å²) >= 11 is 1.03. The van der Waals surface area contributed by atoms with Crippen LogP contribution in [0.5, 0.6) is 17.2 Å². The number of carbonyl (C=O) groups is 3. The highest BCUT2D eigenvalue weighted by molar-refractivity contribution is 8.29. The molecule has 13 heteroatoms. The van der Waals surface area contributed by atoms with Gasteiger partial charge < -0.3 is 23.7 Å². The highest BCUT2D eigenvalue weighted by Gasteiger charge is 2.48. The van der Waals surface area contributed by atoms with Crippen LogP contribution in [0.25, 0.3) is 0 Å². The first-order valence-corrected chi connectivity index (χ1v) is 12.3. The molecule has 39 heavy (non-hydrogen) atoms. The third-order valence-corrected chi connectivity index (χ3v) is 6.92. The van der Waals surface area contributed by atoms with Gasteiger partial charge in [0.15, 0.2) is 21.7 Å². The number of amidine groups is 1. The second-order valence-corrected chi connectivity index (χ2v) is 9.05. The lowest BCUT2D eigenvalue weighted by Crippen LogP contribution is -2.40. The van der Waals surface area contributed by atoms with Crippen LogP contribution >= 0.6 is 11.8 Å². The maximum Gasteiger partial charge on any atom is 0.338 e. The van der Waals surface area contributed by atoms with E-state index in [1.54, 1.807) is 43.3 Å². The van der Waals surface area contributed by atoms with Gasteiger partial charge in [0.2, 0.25) is 5.75 Å². The van der Waals surface area contributed by atoms with E-state index in [1.165, 1.54) is 40.4 Å². The predicted octanol–water partition coefficient (Wildman–Crippen LogP) is 3.36. The third-order valence-electron chi connectivity index (χ3n) is 5.99. The third kappa shape index (κ3) is 5.00. The van der Waals surface area contributed by atoms with E-state index in [-0.39, 0.29) is 16.4 Å². The molecule has 1 amide bonds. The minimum atomic E-state index is -0.963. The number of ether oxygens (including phenoxy) is 5. The van der Waals surface area contributed by atoms with Crippen molar-refractivity contribution in [2.24, 2.45) is 10.1 Å². The van der Waals surface area contributed by atoms with Crippen LogP contribution in [0.1, 0.15) is 28.9 Å². The largest absolute Gasteiger partial charge is 0.493 e. The van der Waals surface area contributed by atoms with Gasteiger partial charge in [0.25, 0.3) is 5.91 Å². The molecule has 2 aromatic rings. The molecule has 4 rings (SSSR count). The summed E-state index contributed by atoms with van der Waals surface area (Å²) in [5.74, 6) is -0.690. The van der Waals surface area contributed by atoms with Crippen molar-refractivity contribution >= 4 is 45.5 Å². The molecule has 0 radical (unpaired) electrons. The fraction of sp³-hybridized carbons (Fsp3) is 0.269. The zero-order valence-corrected chi connectivity index (χ0v) is 22.9. The van der Waals surface area contributed by atoms with Gasteiger partial charge in [-0.15, -0.1) is 0 Å². The summed E-state index contributed by atoms with van der Waals surface area (Å²) in [6.45, 7) is 1.66. The molecule has 0 aliphatic carbocycles. The van der Waals surface area contributed by atoms with E-state index < -0.39 is 23.9 Å². The van der Waals surface area contributed by atoms with Crippen molar-refractivity contribution in [3.63, 3.8) is 0 Å². The van der Waals surface area contributed by atoms with Gasteiger partial charge in [-0.2, -0.15) is 5.10 Å². The van der Waals surface area contributed by atoms with Crippen LogP contribution in [-0.4, -0.2) is 68.5 Å². The molecule has 1 unspecified atom stereocenters. The number of nitrogens with one attached hydrogen (secondary N) is 1. The van der Waals surface area contributed by atoms with Gasteiger partial charge in [0, 0.05) is 5.56 Å². The second-order valence-electron chi connectivity index (χ2n) is 8.09. The molecule has 2 heterocycles. The fourth-order valence-corrected chi connectivity index (χ4v) is 5.15. The Bertz CT molecular complexity index is 1440. The van der Waals surface area contributed by atoms with E-state index in [0.717, 1.165) is 11.8 Å². The Labute approximate surface area is 228 Å². The lowest BCUT2D eigenvalue weighted by molar-refractivity contribution is -0.137. The Hall–Kier alpha value is -4.52. The molecule has 2 aliphatic heterocycles. The smallest absolute Gasteiger partial charge is 0.338 e. The highest BCUT2D eigenvalue weighted by atomic mass is 32.2. The molecule has 0 bridgehead atoms. The van der Waals surface area contributed by atoms with Gasteiger partial charge in [-0.3, -0.25) is 15.1 Å². The number of thioether (sulfide) groups is 1. The minimum absolute atomic E-state index is 0.0700. The van der Waals surface area contributed by atoms with Crippen molar-refractivity contribution in [3.05, 3.63) is 58.8 Å². The van der Waals surface area contributed by atoms with Crippen molar-refractivity contribution in [3.8, 4) is 17.2 Å².